The quantitative estimate of drug-likeness (QED) is 0.448. The van der Waals surface area contributed by atoms with Crippen molar-refractivity contribution >= 4 is 28.2 Å². The van der Waals surface area contributed by atoms with E-state index in [2.05, 4.69) is 28.2 Å². The molecule has 0 aromatic carbocycles. The number of hydrogen-bond donors (Lipinski definition) is 0. The van der Waals surface area contributed by atoms with Gasteiger partial charge >= 0.3 is 39.6 Å². The second kappa shape index (κ2) is 8.82. The molecule has 0 aliphatic carbocycles. The van der Waals surface area contributed by atoms with E-state index >= 15 is 0 Å². The van der Waals surface area contributed by atoms with Crippen molar-refractivity contribution in [2.24, 2.45) is 0 Å². The van der Waals surface area contributed by atoms with Crippen LogP contribution in [0.5, 0.6) is 0 Å². The molecule has 0 saturated carbocycles. The van der Waals surface area contributed by atoms with E-state index in [9.17, 15) is 0 Å². The molecule has 0 rings (SSSR count). The van der Waals surface area contributed by atoms with Crippen LogP contribution in [0.1, 0.15) is 0 Å². The van der Waals surface area contributed by atoms with E-state index in [0.717, 1.165) is 0 Å². The van der Waals surface area contributed by atoms with Gasteiger partial charge in [0.25, 0.3) is 0 Å². The molecule has 0 unspecified atom stereocenters. The van der Waals surface area contributed by atoms with Gasteiger partial charge < -0.3 is 7.43 Å². The van der Waals surface area contributed by atoms with Gasteiger partial charge in [0.2, 0.25) is 0 Å². The standard InChI is InChI=1S/CH3.2BrH.Cu/h1H3;2*1H;/q-1;;;+2/p-2. The molecule has 0 aromatic heterocycles. The Morgan fingerprint density at radius 3 is 1.25 bits per heavy atom. The first-order valence-electron chi connectivity index (χ1n) is 0.228. The molecule has 0 spiro atoms. The van der Waals surface area contributed by atoms with Crippen LogP contribution in [0, 0.1) is 7.43 Å². The summed E-state index contributed by atoms with van der Waals surface area (Å²) in [5.41, 5.74) is 0. The van der Waals surface area contributed by atoms with E-state index in [-0.39, 0.29) is 7.43 Å². The van der Waals surface area contributed by atoms with Crippen molar-refractivity contribution in [1.82, 2.24) is 0 Å². The van der Waals surface area contributed by atoms with Crippen molar-refractivity contribution in [1.29, 1.82) is 0 Å². The fraction of sp³-hybridized carbons (Fsp3) is 0. The minimum atomic E-state index is 0. The minimum Gasteiger partial charge on any atom is -0.358 e. The summed E-state index contributed by atoms with van der Waals surface area (Å²) in [6.45, 7) is 0. The Labute approximate surface area is 46.9 Å². The maximum atomic E-state index is 2.97. The Bertz CT molecular complexity index is 6.00. The van der Waals surface area contributed by atoms with Crippen molar-refractivity contribution in [2.45, 2.75) is 0 Å². The summed E-state index contributed by atoms with van der Waals surface area (Å²) in [7, 11) is 0. The summed E-state index contributed by atoms with van der Waals surface area (Å²) >= 11 is 7.38. The van der Waals surface area contributed by atoms with E-state index in [1.165, 1.54) is 11.3 Å². The Kier molecular flexibility index (Phi) is 20.0. The Hall–Kier alpha value is 1.48. The first kappa shape index (κ1) is 9.08. The molecule has 0 aromatic rings. The van der Waals surface area contributed by atoms with Gasteiger partial charge in [-0.05, 0) is 0 Å². The third-order valence-electron chi connectivity index (χ3n) is 0. The van der Waals surface area contributed by atoms with Gasteiger partial charge in [-0.1, -0.05) is 0 Å². The van der Waals surface area contributed by atoms with Gasteiger partial charge in [0.1, 0.15) is 0 Å². The van der Waals surface area contributed by atoms with Crippen molar-refractivity contribution in [3.63, 3.8) is 0 Å². The zero-order valence-corrected chi connectivity index (χ0v) is 6.17. The Morgan fingerprint density at radius 2 is 1.25 bits per heavy atom. The third-order valence-corrected chi connectivity index (χ3v) is 0. The molecule has 0 aliphatic rings. The fourth-order valence-electron chi connectivity index (χ4n) is 0. The average molecular weight is 238 g/mol. The van der Waals surface area contributed by atoms with Crippen LogP contribution in [-0.4, -0.2) is 0 Å². The summed E-state index contributed by atoms with van der Waals surface area (Å²) < 4.78 is 0. The van der Waals surface area contributed by atoms with E-state index in [4.69, 9.17) is 0 Å². The summed E-state index contributed by atoms with van der Waals surface area (Å²) in [6, 6.07) is 0. The topological polar surface area (TPSA) is 0 Å². The van der Waals surface area contributed by atoms with Crippen LogP contribution in [0.4, 0.5) is 0 Å². The summed E-state index contributed by atoms with van der Waals surface area (Å²) in [6.07, 6.45) is 0. The van der Waals surface area contributed by atoms with E-state index < -0.39 is 0 Å². The van der Waals surface area contributed by atoms with Crippen LogP contribution in [-0.2, 0) is 11.3 Å². The van der Waals surface area contributed by atoms with Gasteiger partial charge in [-0.15, -0.1) is 0 Å². The predicted octanol–water partition coefficient (Wildman–Crippen LogP) is 2.14. The number of hydrogen-bond acceptors (Lipinski definition) is 0. The van der Waals surface area contributed by atoms with Gasteiger partial charge in [0.15, 0.2) is 0 Å². The number of rotatable bonds is 0. The second-order valence-corrected chi connectivity index (χ2v) is 4.80. The second-order valence-electron chi connectivity index (χ2n) is 0.0431. The fourth-order valence-corrected chi connectivity index (χ4v) is 0. The first-order valence-corrected chi connectivity index (χ1v) is 4.88. The van der Waals surface area contributed by atoms with Gasteiger partial charge in [0.05, 0.1) is 0 Å². The number of halogens is 2. The Morgan fingerprint density at radius 1 is 1.25 bits per heavy atom. The van der Waals surface area contributed by atoms with Crippen LogP contribution >= 0.6 is 28.2 Å². The third kappa shape index (κ3) is 9.77. The minimum absolute atomic E-state index is 0. The van der Waals surface area contributed by atoms with Crippen LogP contribution in [0.3, 0.4) is 0 Å². The smallest absolute Gasteiger partial charge is 0.358 e. The molecule has 4 heavy (non-hydrogen) atoms. The van der Waals surface area contributed by atoms with Crippen LogP contribution < -0.4 is 0 Å². The molecule has 0 atom stereocenters. The maximum absolute atomic E-state index is 2.97. The van der Waals surface area contributed by atoms with Gasteiger partial charge in [0, 0.05) is 0 Å². The largest absolute Gasteiger partial charge is 0.358 e. The van der Waals surface area contributed by atoms with E-state index in [1.54, 1.807) is 0 Å². The van der Waals surface area contributed by atoms with E-state index in [1.807, 2.05) is 0 Å². The molecule has 0 nitrogen and oxygen atoms in total. The molecule has 0 aliphatic heterocycles. The molecule has 0 N–H and O–H groups in total. The van der Waals surface area contributed by atoms with Crippen molar-refractivity contribution in [3.8, 4) is 0 Å². The SMILES string of the molecule is [Br][Cu][Br].[CH3-]. The molecule has 0 heterocycles. The molecule has 0 bridgehead atoms. The molecule has 0 saturated heterocycles. The van der Waals surface area contributed by atoms with Gasteiger partial charge in [-0.25, -0.2) is 0 Å². The molecular weight excluding hydrogens is 235 g/mol. The maximum Gasteiger partial charge on any atom is -0.358 e. The zero-order chi connectivity index (χ0) is 2.71. The summed E-state index contributed by atoms with van der Waals surface area (Å²) in [5, 5.41) is 0. The summed E-state index contributed by atoms with van der Waals surface area (Å²) in [5.74, 6) is 0. The first-order chi connectivity index (χ1) is 1.41. The molecule has 0 radical (unpaired) electrons. The molecular formula is CH3Br2Cu-. The van der Waals surface area contributed by atoms with Gasteiger partial charge in [-0.3, -0.25) is 0 Å². The molecule has 0 fully saturated rings. The summed E-state index contributed by atoms with van der Waals surface area (Å²) in [4.78, 5) is 0. The normalized spacial score (nSPS) is 5.50. The van der Waals surface area contributed by atoms with Gasteiger partial charge in [-0.2, -0.15) is 0 Å². The van der Waals surface area contributed by atoms with Crippen LogP contribution in [0.25, 0.3) is 0 Å². The molecule has 3 heteroatoms. The monoisotopic (exact) mass is 236 g/mol. The average Bonchev–Trinajstić information content (AvgIpc) is 0.918. The van der Waals surface area contributed by atoms with Crippen LogP contribution in [0.2, 0.25) is 0 Å². The van der Waals surface area contributed by atoms with E-state index in [0.29, 0.717) is 0 Å². The van der Waals surface area contributed by atoms with Crippen LogP contribution in [0.15, 0.2) is 0 Å². The molecule has 33 valence electrons. The Balaban J connectivity index is 0. The zero-order valence-electron chi connectivity index (χ0n) is 2.06. The van der Waals surface area contributed by atoms with Crippen molar-refractivity contribution < 1.29 is 11.3 Å². The predicted molar refractivity (Wildman–Crippen MR) is 24.3 cm³/mol. The molecule has 0 amide bonds. The van der Waals surface area contributed by atoms with Crippen molar-refractivity contribution in [2.75, 3.05) is 0 Å². The van der Waals surface area contributed by atoms with Crippen molar-refractivity contribution in [3.05, 3.63) is 7.43 Å².